The molecule has 7 nitrogen and oxygen atoms in total. The van der Waals surface area contributed by atoms with Gasteiger partial charge in [0.15, 0.2) is 5.70 Å². The van der Waals surface area contributed by atoms with E-state index in [1.54, 1.807) is 24.3 Å². The fourth-order valence-electron chi connectivity index (χ4n) is 1.78. The lowest BCUT2D eigenvalue weighted by Gasteiger charge is -2.02. The number of allylic oxidation sites excluding steroid dienone is 2. The molecule has 7 heteroatoms. The number of non-ortho nitro benzene ring substituents is 1. The molecule has 0 saturated carbocycles. The van der Waals surface area contributed by atoms with E-state index in [9.17, 15) is 14.9 Å². The first kappa shape index (κ1) is 14.6. The van der Waals surface area contributed by atoms with Gasteiger partial charge in [0.05, 0.1) is 10.6 Å². The molecule has 0 unspecified atom stereocenters. The van der Waals surface area contributed by atoms with Crippen molar-refractivity contribution in [2.45, 2.75) is 6.92 Å². The molecule has 0 bridgehead atoms. The molecule has 0 amide bonds. The number of aliphatic hydroxyl groups is 1. The zero-order valence-corrected chi connectivity index (χ0v) is 12.2. The lowest BCUT2D eigenvalue weighted by molar-refractivity contribution is -0.384. The average Bonchev–Trinajstić information content (AvgIpc) is 2.62. The van der Waals surface area contributed by atoms with Gasteiger partial charge in [0.1, 0.15) is 5.76 Å². The number of nitro groups is 1. The average molecular weight is 312 g/mol. The first-order valence-electron chi connectivity index (χ1n) is 7.03. The van der Waals surface area contributed by atoms with Crippen molar-refractivity contribution >= 4 is 17.2 Å². The van der Waals surface area contributed by atoms with E-state index in [2.05, 4.69) is 15.3 Å². The summed E-state index contributed by atoms with van der Waals surface area (Å²) >= 11 is 0. The predicted octanol–water partition coefficient (Wildman–Crippen LogP) is 4.35. The number of benzene rings is 2. The van der Waals surface area contributed by atoms with Crippen LogP contribution in [0.1, 0.15) is 17.3 Å². The lowest BCUT2D eigenvalue weighted by atomic mass is 10.1. The number of nitrogens with zero attached hydrogens (tertiary/aromatic N) is 3. The van der Waals surface area contributed by atoms with Crippen LogP contribution in [-0.4, -0.2) is 15.8 Å². The van der Waals surface area contributed by atoms with Gasteiger partial charge in [-0.1, -0.05) is 30.3 Å². The second kappa shape index (κ2) is 7.08. The van der Waals surface area contributed by atoms with Crippen LogP contribution in [0.2, 0.25) is 0 Å². The molecule has 0 aliphatic heterocycles. The van der Waals surface area contributed by atoms with Gasteiger partial charge in [-0.3, -0.25) is 14.9 Å². The maximum atomic E-state index is 12.5. The fourth-order valence-corrected chi connectivity index (χ4v) is 1.78. The summed E-state index contributed by atoms with van der Waals surface area (Å²) in [7, 11) is 0. The molecule has 0 radical (unpaired) electrons. The van der Waals surface area contributed by atoms with E-state index in [4.69, 9.17) is 1.43 Å². The van der Waals surface area contributed by atoms with Crippen LogP contribution < -0.4 is 0 Å². The molecule has 1 N–H and O–H groups in total. The Balaban J connectivity index is 2.39. The van der Waals surface area contributed by atoms with Gasteiger partial charge < -0.3 is 5.11 Å². The summed E-state index contributed by atoms with van der Waals surface area (Å²) in [5.74, 6) is -0.686. The van der Waals surface area contributed by atoms with E-state index < -0.39 is 10.7 Å². The van der Waals surface area contributed by atoms with Crippen LogP contribution in [0.4, 0.5) is 11.4 Å². The highest BCUT2D eigenvalue weighted by molar-refractivity contribution is 6.08. The second-order valence-electron chi connectivity index (χ2n) is 4.58. The van der Waals surface area contributed by atoms with Gasteiger partial charge in [-0.05, 0) is 19.1 Å². The van der Waals surface area contributed by atoms with Crippen molar-refractivity contribution in [2.75, 3.05) is 0 Å². The Hall–Kier alpha value is -3.35. The van der Waals surface area contributed by atoms with Gasteiger partial charge in [0, 0.05) is 17.7 Å². The number of hydrogen-bond donors (Lipinski definition) is 1. The Morgan fingerprint density at radius 2 is 1.96 bits per heavy atom. The number of aliphatic hydroxyl groups excluding tert-OH is 1. The molecule has 0 fully saturated rings. The number of rotatable bonds is 6. The summed E-state index contributed by atoms with van der Waals surface area (Å²) in [6.07, 6.45) is 0. The summed E-state index contributed by atoms with van der Waals surface area (Å²) in [6, 6.07) is 13.9. The fraction of sp³-hybridized carbons (Fsp3) is 0.0625. The number of azo groups is 1. The Labute approximate surface area is 133 Å². The molecule has 116 valence electrons. The molecule has 0 aliphatic carbocycles. The quantitative estimate of drug-likeness (QED) is 0.214. The summed E-state index contributed by atoms with van der Waals surface area (Å²) in [6.45, 7) is 1.39. The standard InChI is InChI=1S/C16H13N3O4/c1-11(20)15(18-17-13-7-3-2-4-8-13)16(21)12-6-5-9-14(10-12)19(22)23/h2-10,20H,1H3/b15-11+,18-17?/i/hD. The molecular formula is C16H13N3O4. The minimum Gasteiger partial charge on any atom is -0.510 e. The summed E-state index contributed by atoms with van der Waals surface area (Å²) < 4.78 is 6.97. The highest BCUT2D eigenvalue weighted by Gasteiger charge is 2.18. The minimum absolute atomic E-state index is 0.0580. The molecule has 23 heavy (non-hydrogen) atoms. The van der Waals surface area contributed by atoms with Crippen molar-refractivity contribution in [1.29, 1.82) is 1.43 Å². The van der Waals surface area contributed by atoms with E-state index in [0.717, 1.165) is 6.07 Å². The zero-order valence-electron chi connectivity index (χ0n) is 13.2. The van der Waals surface area contributed by atoms with Crippen molar-refractivity contribution in [2.24, 2.45) is 10.2 Å². The smallest absolute Gasteiger partial charge is 0.293 e. The van der Waals surface area contributed by atoms with Gasteiger partial charge in [0.25, 0.3) is 7.12 Å². The minimum atomic E-state index is -0.622. The first-order chi connectivity index (χ1) is 11.5. The van der Waals surface area contributed by atoms with Crippen LogP contribution in [0.15, 0.2) is 76.3 Å². The highest BCUT2D eigenvalue weighted by Crippen LogP contribution is 2.20. The van der Waals surface area contributed by atoms with Crippen molar-refractivity contribution in [3.05, 3.63) is 81.7 Å². The molecule has 2 aromatic carbocycles. The topological polar surface area (TPSA) is 105 Å². The van der Waals surface area contributed by atoms with Gasteiger partial charge in [-0.15, -0.1) is 5.11 Å². The third-order valence-corrected chi connectivity index (χ3v) is 2.89. The normalized spacial score (nSPS) is 12.5. The maximum Gasteiger partial charge on any atom is 0.293 e. The van der Waals surface area contributed by atoms with E-state index in [1.165, 1.54) is 25.1 Å². The molecule has 0 saturated heterocycles. The summed E-state index contributed by atoms with van der Waals surface area (Å²) in [5, 5.41) is 23.0. The molecule has 0 heterocycles. The number of Topliss-reactive ketones (excluding diaryl/α,β-unsaturated/α-hetero) is 1. The second-order valence-corrected chi connectivity index (χ2v) is 4.58. The van der Waals surface area contributed by atoms with E-state index >= 15 is 0 Å². The van der Waals surface area contributed by atoms with Crippen LogP contribution in [-0.2, 0) is 0 Å². The number of ketones is 1. The van der Waals surface area contributed by atoms with E-state index in [1.807, 2.05) is 6.07 Å². The van der Waals surface area contributed by atoms with Crippen LogP contribution in [0.5, 0.6) is 0 Å². The van der Waals surface area contributed by atoms with Gasteiger partial charge in [-0.2, -0.15) is 5.11 Å². The van der Waals surface area contributed by atoms with E-state index in [0.29, 0.717) is 5.69 Å². The molecule has 0 aliphatic rings. The van der Waals surface area contributed by atoms with Crippen molar-refractivity contribution in [3.8, 4) is 0 Å². The predicted molar refractivity (Wildman–Crippen MR) is 83.7 cm³/mol. The third-order valence-electron chi connectivity index (χ3n) is 2.89. The van der Waals surface area contributed by atoms with Gasteiger partial charge in [0.2, 0.25) is 5.78 Å². The monoisotopic (exact) mass is 312 g/mol. The van der Waals surface area contributed by atoms with Crippen LogP contribution >= 0.6 is 0 Å². The van der Waals surface area contributed by atoms with Crippen LogP contribution in [0.3, 0.4) is 0 Å². The molecule has 2 aromatic rings. The first-order valence-corrected chi connectivity index (χ1v) is 6.63. The molecular weight excluding hydrogens is 298 g/mol. The Bertz CT molecular complexity index is 819. The summed E-state index contributed by atoms with van der Waals surface area (Å²) in [5.41, 5.74) is 0.154. The number of carbonyl (C=O) groups is 1. The van der Waals surface area contributed by atoms with Gasteiger partial charge in [-0.25, -0.2) is 0 Å². The zero-order chi connectivity index (χ0) is 17.5. The number of hydrogen-bond acceptors (Lipinski definition) is 6. The molecule has 0 atom stereocenters. The summed E-state index contributed by atoms with van der Waals surface area (Å²) in [4.78, 5) is 22.8. The number of nitro benzene ring substituents is 1. The van der Waals surface area contributed by atoms with Crippen molar-refractivity contribution in [3.63, 3.8) is 0 Å². The third kappa shape index (κ3) is 4.07. The Kier molecular flexibility index (Phi) is 4.49. The largest absolute Gasteiger partial charge is 0.510 e. The SMILES string of the molecule is [2H]O/C(C)=C(/N=Nc1ccccc1)C(=O)c1cccc([N+](=O)[O-])c1. The number of carbonyl (C=O) groups excluding carboxylic acids is 1. The van der Waals surface area contributed by atoms with Crippen molar-refractivity contribution in [1.82, 2.24) is 0 Å². The maximum absolute atomic E-state index is 12.5. The molecule has 0 aromatic heterocycles. The highest BCUT2D eigenvalue weighted by atomic mass is 16.6. The molecule has 0 spiro atoms. The van der Waals surface area contributed by atoms with E-state index in [-0.39, 0.29) is 22.7 Å². The van der Waals surface area contributed by atoms with Crippen LogP contribution in [0.25, 0.3) is 1.43 Å². The lowest BCUT2D eigenvalue weighted by Crippen LogP contribution is -2.04. The molecule has 2 rings (SSSR count). The van der Waals surface area contributed by atoms with Crippen molar-refractivity contribution < 1.29 is 14.8 Å². The Morgan fingerprint density at radius 3 is 2.61 bits per heavy atom. The van der Waals surface area contributed by atoms with Gasteiger partial charge >= 0.3 is 0 Å². The Morgan fingerprint density at radius 1 is 1.22 bits per heavy atom. The van der Waals surface area contributed by atoms with Crippen LogP contribution in [0, 0.1) is 10.1 Å².